The number of ether oxygens (including phenoxy) is 1. The van der Waals surface area contributed by atoms with Gasteiger partial charge in [-0.1, -0.05) is 6.07 Å². The summed E-state index contributed by atoms with van der Waals surface area (Å²) in [4.78, 5) is 4.32. The lowest BCUT2D eigenvalue weighted by Crippen LogP contribution is -2.05. The third kappa shape index (κ3) is 2.93. The summed E-state index contributed by atoms with van der Waals surface area (Å²) in [5, 5.41) is 3.14. The van der Waals surface area contributed by atoms with Crippen molar-refractivity contribution >= 4 is 0 Å². The molecule has 100 valence electrons. The first-order valence-corrected chi connectivity index (χ1v) is 6.40. The molecular weight excluding hydrogens is 236 g/mol. The number of methoxy groups -OCH3 is 1. The molecule has 3 nitrogen and oxygen atoms in total. The average molecular weight is 256 g/mol. The number of rotatable bonds is 4. The van der Waals surface area contributed by atoms with Crippen molar-refractivity contribution < 1.29 is 4.74 Å². The molecular formula is C16H20N2O. The maximum absolute atomic E-state index is 5.52. The van der Waals surface area contributed by atoms with Crippen LogP contribution in [0.25, 0.3) is 11.1 Å². The maximum Gasteiger partial charge on any atom is 0.127 e. The zero-order chi connectivity index (χ0) is 13.8. The summed E-state index contributed by atoms with van der Waals surface area (Å²) in [6, 6.07) is 6.39. The summed E-state index contributed by atoms with van der Waals surface area (Å²) < 4.78 is 5.52. The fourth-order valence-corrected chi connectivity index (χ4v) is 2.38. The molecule has 2 aromatic rings. The molecule has 0 aliphatic heterocycles. The molecule has 1 aromatic heterocycles. The lowest BCUT2D eigenvalue weighted by molar-refractivity contribution is 0.416. The fourth-order valence-electron chi connectivity index (χ4n) is 2.38. The first-order valence-electron chi connectivity index (χ1n) is 6.40. The van der Waals surface area contributed by atoms with Crippen LogP contribution < -0.4 is 10.1 Å². The number of pyridine rings is 1. The van der Waals surface area contributed by atoms with Gasteiger partial charge in [0.05, 0.1) is 7.11 Å². The Bertz CT molecular complexity index is 579. The van der Waals surface area contributed by atoms with Gasteiger partial charge in [-0.25, -0.2) is 0 Å². The zero-order valence-electron chi connectivity index (χ0n) is 11.9. The summed E-state index contributed by atoms with van der Waals surface area (Å²) in [6.45, 7) is 5.00. The van der Waals surface area contributed by atoms with E-state index in [4.69, 9.17) is 4.74 Å². The van der Waals surface area contributed by atoms with Crippen LogP contribution in [0.15, 0.2) is 30.6 Å². The largest absolute Gasteiger partial charge is 0.496 e. The number of nitrogens with zero attached hydrogens (tertiary/aromatic N) is 1. The minimum absolute atomic E-state index is 0.814. The van der Waals surface area contributed by atoms with Gasteiger partial charge in [-0.05, 0) is 49.7 Å². The molecule has 1 heterocycles. The van der Waals surface area contributed by atoms with Crippen LogP contribution in [0.2, 0.25) is 0 Å². The maximum atomic E-state index is 5.52. The monoisotopic (exact) mass is 256 g/mol. The Hall–Kier alpha value is -1.87. The van der Waals surface area contributed by atoms with Crippen LogP contribution in [0, 0.1) is 13.8 Å². The quantitative estimate of drug-likeness (QED) is 0.912. The molecule has 0 unspecified atom stereocenters. The Kier molecular flexibility index (Phi) is 4.17. The predicted octanol–water partition coefficient (Wildman–Crippen LogP) is 3.09. The molecule has 0 saturated carbocycles. The van der Waals surface area contributed by atoms with E-state index >= 15 is 0 Å². The topological polar surface area (TPSA) is 34.2 Å². The standard InChI is InChI=1S/C16H20N2O/c1-11-5-12(2)16(15(6-11)19-4)14-7-13(8-17-3)9-18-10-14/h5-7,9-10,17H,8H2,1-4H3. The second kappa shape index (κ2) is 5.85. The summed E-state index contributed by atoms with van der Waals surface area (Å²) >= 11 is 0. The van der Waals surface area contributed by atoms with Gasteiger partial charge in [0, 0.05) is 30.1 Å². The molecule has 0 aliphatic carbocycles. The highest BCUT2D eigenvalue weighted by molar-refractivity contribution is 5.74. The van der Waals surface area contributed by atoms with E-state index < -0.39 is 0 Å². The van der Waals surface area contributed by atoms with E-state index in [9.17, 15) is 0 Å². The fraction of sp³-hybridized carbons (Fsp3) is 0.312. The van der Waals surface area contributed by atoms with Crippen LogP contribution in [0.4, 0.5) is 0 Å². The Labute approximate surface area is 114 Å². The molecule has 0 fully saturated rings. The number of nitrogens with one attached hydrogen (secondary N) is 1. The summed E-state index contributed by atoms with van der Waals surface area (Å²) in [5.41, 5.74) is 5.81. The van der Waals surface area contributed by atoms with E-state index in [-0.39, 0.29) is 0 Å². The van der Waals surface area contributed by atoms with E-state index in [1.54, 1.807) is 7.11 Å². The molecule has 1 N–H and O–H groups in total. The molecule has 0 aliphatic rings. The highest BCUT2D eigenvalue weighted by Crippen LogP contribution is 2.34. The van der Waals surface area contributed by atoms with Gasteiger partial charge in [-0.15, -0.1) is 0 Å². The smallest absolute Gasteiger partial charge is 0.127 e. The van der Waals surface area contributed by atoms with Crippen LogP contribution in [0.1, 0.15) is 16.7 Å². The van der Waals surface area contributed by atoms with Gasteiger partial charge in [0.25, 0.3) is 0 Å². The minimum atomic E-state index is 0.814. The van der Waals surface area contributed by atoms with Gasteiger partial charge in [-0.2, -0.15) is 0 Å². The molecule has 2 rings (SSSR count). The van der Waals surface area contributed by atoms with E-state index in [0.29, 0.717) is 0 Å². The normalized spacial score (nSPS) is 10.5. The van der Waals surface area contributed by atoms with Crippen molar-refractivity contribution in [3.8, 4) is 16.9 Å². The van der Waals surface area contributed by atoms with Gasteiger partial charge in [0.15, 0.2) is 0 Å². The van der Waals surface area contributed by atoms with E-state index in [1.807, 2.05) is 19.4 Å². The van der Waals surface area contributed by atoms with Gasteiger partial charge >= 0.3 is 0 Å². The molecule has 19 heavy (non-hydrogen) atoms. The predicted molar refractivity (Wildman–Crippen MR) is 78.5 cm³/mol. The van der Waals surface area contributed by atoms with E-state index in [1.165, 1.54) is 16.7 Å². The molecule has 0 spiro atoms. The van der Waals surface area contributed by atoms with Gasteiger partial charge < -0.3 is 10.1 Å². The van der Waals surface area contributed by atoms with Crippen molar-refractivity contribution in [2.24, 2.45) is 0 Å². The van der Waals surface area contributed by atoms with Crippen LogP contribution >= 0.6 is 0 Å². The van der Waals surface area contributed by atoms with Crippen molar-refractivity contribution in [2.75, 3.05) is 14.2 Å². The van der Waals surface area contributed by atoms with Crippen molar-refractivity contribution in [2.45, 2.75) is 20.4 Å². The summed E-state index contributed by atoms with van der Waals surface area (Å²) in [5.74, 6) is 0.904. The van der Waals surface area contributed by atoms with E-state index in [2.05, 4.69) is 42.3 Å². The average Bonchev–Trinajstić information content (AvgIpc) is 2.38. The number of aromatic nitrogens is 1. The molecule has 0 atom stereocenters. The zero-order valence-corrected chi connectivity index (χ0v) is 11.9. The molecule has 0 amide bonds. The first-order chi connectivity index (χ1) is 9.15. The van der Waals surface area contributed by atoms with Crippen molar-refractivity contribution in [3.05, 3.63) is 47.3 Å². The van der Waals surface area contributed by atoms with Gasteiger partial charge in [0.2, 0.25) is 0 Å². The van der Waals surface area contributed by atoms with E-state index in [0.717, 1.165) is 23.4 Å². The highest BCUT2D eigenvalue weighted by atomic mass is 16.5. The number of hydrogen-bond donors (Lipinski definition) is 1. The molecule has 0 radical (unpaired) electrons. The summed E-state index contributed by atoms with van der Waals surface area (Å²) in [6.07, 6.45) is 3.77. The van der Waals surface area contributed by atoms with Crippen LogP contribution in [0.3, 0.4) is 0 Å². The lowest BCUT2D eigenvalue weighted by Gasteiger charge is -2.13. The SMILES string of the molecule is CNCc1cncc(-c2c(C)cc(C)cc2OC)c1. The van der Waals surface area contributed by atoms with Crippen molar-refractivity contribution in [1.29, 1.82) is 0 Å². The highest BCUT2D eigenvalue weighted by Gasteiger charge is 2.11. The summed E-state index contributed by atoms with van der Waals surface area (Å²) in [7, 11) is 3.65. The number of aryl methyl sites for hydroxylation is 2. The van der Waals surface area contributed by atoms with Crippen molar-refractivity contribution in [3.63, 3.8) is 0 Å². The third-order valence-corrected chi connectivity index (χ3v) is 3.13. The number of benzene rings is 1. The van der Waals surface area contributed by atoms with Gasteiger partial charge in [0.1, 0.15) is 5.75 Å². The minimum Gasteiger partial charge on any atom is -0.496 e. The Balaban J connectivity index is 2.54. The molecule has 0 bridgehead atoms. The molecule has 1 aromatic carbocycles. The Morgan fingerprint density at radius 1 is 1.16 bits per heavy atom. The first kappa shape index (κ1) is 13.6. The second-order valence-corrected chi connectivity index (χ2v) is 4.77. The van der Waals surface area contributed by atoms with Crippen LogP contribution in [0.5, 0.6) is 5.75 Å². The Morgan fingerprint density at radius 3 is 2.63 bits per heavy atom. The lowest BCUT2D eigenvalue weighted by atomic mass is 9.98. The second-order valence-electron chi connectivity index (χ2n) is 4.77. The van der Waals surface area contributed by atoms with Crippen LogP contribution in [-0.4, -0.2) is 19.1 Å². The number of hydrogen-bond acceptors (Lipinski definition) is 3. The third-order valence-electron chi connectivity index (χ3n) is 3.13. The molecule has 0 saturated heterocycles. The Morgan fingerprint density at radius 2 is 1.95 bits per heavy atom. The molecule has 3 heteroatoms. The van der Waals surface area contributed by atoms with Crippen molar-refractivity contribution in [1.82, 2.24) is 10.3 Å². The van der Waals surface area contributed by atoms with Crippen LogP contribution in [-0.2, 0) is 6.54 Å². The van der Waals surface area contributed by atoms with Gasteiger partial charge in [-0.3, -0.25) is 4.98 Å².